The maximum absolute atomic E-state index is 11.7. The zero-order valence-electron chi connectivity index (χ0n) is 10.5. The van der Waals surface area contributed by atoms with Crippen molar-refractivity contribution in [2.75, 3.05) is 4.72 Å². The topological polar surface area (TPSA) is 84.5 Å². The second-order valence-corrected chi connectivity index (χ2v) is 5.93. The lowest BCUT2D eigenvalue weighted by atomic mass is 10.2. The molecule has 0 aromatic heterocycles. The fraction of sp³-hybridized carbons (Fsp3) is 0.364. The maximum atomic E-state index is 11.7. The highest BCUT2D eigenvalue weighted by Gasteiger charge is 2.17. The highest BCUT2D eigenvalue weighted by Crippen LogP contribution is 2.18. The zero-order chi connectivity index (χ0) is 14.5. The van der Waals surface area contributed by atoms with E-state index < -0.39 is 22.4 Å². The molecule has 0 saturated heterocycles. The van der Waals surface area contributed by atoms with Crippen molar-refractivity contribution in [1.82, 2.24) is 4.72 Å². The van der Waals surface area contributed by atoms with Crippen LogP contribution < -0.4 is 9.44 Å². The van der Waals surface area contributed by atoms with Gasteiger partial charge >= 0.3 is 16.3 Å². The van der Waals surface area contributed by atoms with E-state index in [9.17, 15) is 13.2 Å². The molecular weight excluding hydrogens is 336 g/mol. The van der Waals surface area contributed by atoms with Gasteiger partial charge in [-0.15, -0.1) is 0 Å². The van der Waals surface area contributed by atoms with Crippen molar-refractivity contribution >= 4 is 37.9 Å². The van der Waals surface area contributed by atoms with Crippen LogP contribution in [0.4, 0.5) is 10.5 Å². The third-order valence-corrected chi connectivity index (χ3v) is 3.49. The van der Waals surface area contributed by atoms with Crippen molar-refractivity contribution in [2.24, 2.45) is 0 Å². The van der Waals surface area contributed by atoms with E-state index in [2.05, 4.69) is 20.7 Å². The first-order chi connectivity index (χ1) is 8.84. The lowest BCUT2D eigenvalue weighted by molar-refractivity contribution is 0.121. The molecule has 0 unspecified atom stereocenters. The first-order valence-corrected chi connectivity index (χ1v) is 8.09. The van der Waals surface area contributed by atoms with Gasteiger partial charge in [0.15, 0.2) is 0 Å². The van der Waals surface area contributed by atoms with Gasteiger partial charge in [-0.3, -0.25) is 4.72 Å². The summed E-state index contributed by atoms with van der Waals surface area (Å²) < 4.78 is 32.2. The van der Waals surface area contributed by atoms with Crippen molar-refractivity contribution in [3.05, 3.63) is 29.8 Å². The van der Waals surface area contributed by atoms with Gasteiger partial charge in [-0.1, -0.05) is 34.1 Å². The Balaban J connectivity index is 2.77. The number of carbonyl (C=O) groups excluding carboxylic acids is 1. The second-order valence-electron chi connectivity index (χ2n) is 3.95. The Morgan fingerprint density at radius 2 is 2.00 bits per heavy atom. The predicted molar refractivity (Wildman–Crippen MR) is 76.4 cm³/mol. The Morgan fingerprint density at radius 1 is 1.37 bits per heavy atom. The summed E-state index contributed by atoms with van der Waals surface area (Å²) in [6.45, 7) is 3.25. The van der Waals surface area contributed by atoms with E-state index in [1.165, 1.54) is 0 Å². The normalized spacial score (nSPS) is 11.2. The Kier molecular flexibility index (Phi) is 5.61. The average molecular weight is 351 g/mol. The van der Waals surface area contributed by atoms with Crippen LogP contribution in [0.25, 0.3) is 0 Å². The van der Waals surface area contributed by atoms with Gasteiger partial charge in [-0.05, 0) is 25.5 Å². The molecule has 0 fully saturated rings. The summed E-state index contributed by atoms with van der Waals surface area (Å²) in [7, 11) is -4.01. The molecule has 0 saturated carbocycles. The molecule has 0 aliphatic heterocycles. The van der Waals surface area contributed by atoms with Crippen molar-refractivity contribution in [2.45, 2.75) is 25.3 Å². The number of carbonyl (C=O) groups is 1. The van der Waals surface area contributed by atoms with Crippen LogP contribution in [0.15, 0.2) is 24.3 Å². The van der Waals surface area contributed by atoms with Gasteiger partial charge in [-0.2, -0.15) is 8.42 Å². The van der Waals surface area contributed by atoms with Crippen LogP contribution in [-0.4, -0.2) is 20.6 Å². The number of alkyl halides is 1. The van der Waals surface area contributed by atoms with Gasteiger partial charge in [0.05, 0.1) is 11.8 Å². The van der Waals surface area contributed by atoms with Crippen LogP contribution >= 0.6 is 15.9 Å². The molecule has 2 N–H and O–H groups in total. The molecule has 0 atom stereocenters. The molecule has 1 aromatic carbocycles. The van der Waals surface area contributed by atoms with Crippen molar-refractivity contribution < 1.29 is 17.9 Å². The average Bonchev–Trinajstić information content (AvgIpc) is 2.26. The quantitative estimate of drug-likeness (QED) is 0.798. The van der Waals surface area contributed by atoms with Gasteiger partial charge in [0, 0.05) is 5.33 Å². The number of hydrogen-bond acceptors (Lipinski definition) is 4. The fourth-order valence-electron chi connectivity index (χ4n) is 1.25. The second kappa shape index (κ2) is 6.76. The van der Waals surface area contributed by atoms with E-state index in [0.717, 1.165) is 5.56 Å². The minimum Gasteiger partial charge on any atom is -0.446 e. The predicted octanol–water partition coefficient (Wildman–Crippen LogP) is 2.37. The van der Waals surface area contributed by atoms with E-state index in [-0.39, 0.29) is 0 Å². The standard InChI is InChI=1S/C11H15BrN2O4S/c1-8(2)18-11(15)14-19(16,17)13-10-6-4-3-5-9(10)7-12/h3-6,8,13H,7H2,1-2H3,(H,14,15). The molecule has 106 valence electrons. The van der Waals surface area contributed by atoms with Gasteiger partial charge in [-0.25, -0.2) is 9.52 Å². The molecule has 0 aliphatic carbocycles. The van der Waals surface area contributed by atoms with Crippen LogP contribution in [0.1, 0.15) is 19.4 Å². The molecule has 0 heterocycles. The smallest absolute Gasteiger partial charge is 0.422 e. The monoisotopic (exact) mass is 350 g/mol. The zero-order valence-corrected chi connectivity index (χ0v) is 12.9. The van der Waals surface area contributed by atoms with E-state index in [4.69, 9.17) is 4.74 Å². The van der Waals surface area contributed by atoms with Crippen LogP contribution in [0, 0.1) is 0 Å². The van der Waals surface area contributed by atoms with Gasteiger partial charge in [0.25, 0.3) is 0 Å². The van der Waals surface area contributed by atoms with E-state index in [1.54, 1.807) is 42.8 Å². The van der Waals surface area contributed by atoms with Crippen LogP contribution in [-0.2, 0) is 20.3 Å². The summed E-state index contributed by atoms with van der Waals surface area (Å²) in [5, 5.41) is 0.488. The van der Waals surface area contributed by atoms with Crippen LogP contribution in [0.2, 0.25) is 0 Å². The molecule has 0 radical (unpaired) electrons. The number of benzene rings is 1. The minimum absolute atomic E-state index is 0.393. The number of nitrogens with one attached hydrogen (secondary N) is 2. The maximum Gasteiger partial charge on any atom is 0.422 e. The largest absolute Gasteiger partial charge is 0.446 e. The third-order valence-electron chi connectivity index (χ3n) is 1.97. The number of hydrogen-bond donors (Lipinski definition) is 2. The molecule has 6 nitrogen and oxygen atoms in total. The Labute approximate surface area is 120 Å². The summed E-state index contributed by atoms with van der Waals surface area (Å²) in [4.78, 5) is 11.3. The molecule has 0 aliphatic rings. The highest BCUT2D eigenvalue weighted by atomic mass is 79.9. The highest BCUT2D eigenvalue weighted by molar-refractivity contribution is 9.08. The summed E-state index contributed by atoms with van der Waals surface area (Å²) >= 11 is 3.25. The molecule has 0 bridgehead atoms. The van der Waals surface area contributed by atoms with Crippen molar-refractivity contribution in [3.63, 3.8) is 0 Å². The van der Waals surface area contributed by atoms with Gasteiger partial charge in [0.2, 0.25) is 0 Å². The first kappa shape index (κ1) is 15.8. The molecular formula is C11H15BrN2O4S. The molecule has 1 amide bonds. The minimum atomic E-state index is -4.01. The third kappa shape index (κ3) is 5.48. The molecule has 1 rings (SSSR count). The van der Waals surface area contributed by atoms with Gasteiger partial charge in [0.1, 0.15) is 0 Å². The number of halogens is 1. The number of amides is 1. The number of ether oxygens (including phenoxy) is 1. The molecule has 1 aromatic rings. The summed E-state index contributed by atoms with van der Waals surface area (Å²) in [5.74, 6) is 0. The van der Waals surface area contributed by atoms with Crippen LogP contribution in [0.5, 0.6) is 0 Å². The van der Waals surface area contributed by atoms with E-state index >= 15 is 0 Å². The fourth-order valence-corrected chi connectivity index (χ4v) is 2.55. The van der Waals surface area contributed by atoms with E-state index in [0.29, 0.717) is 11.0 Å². The lowest BCUT2D eigenvalue weighted by Gasteiger charge is -2.13. The molecule has 8 heteroatoms. The Hall–Kier alpha value is -1.28. The van der Waals surface area contributed by atoms with Crippen LogP contribution in [0.3, 0.4) is 0 Å². The number of rotatable bonds is 5. The lowest BCUT2D eigenvalue weighted by Crippen LogP contribution is -2.37. The summed E-state index contributed by atoms with van der Waals surface area (Å²) in [5.41, 5.74) is 1.15. The number of anilines is 1. The molecule has 19 heavy (non-hydrogen) atoms. The Morgan fingerprint density at radius 3 is 2.58 bits per heavy atom. The summed E-state index contributed by atoms with van der Waals surface area (Å²) in [6, 6.07) is 6.84. The first-order valence-electron chi connectivity index (χ1n) is 5.49. The van der Waals surface area contributed by atoms with Crippen molar-refractivity contribution in [1.29, 1.82) is 0 Å². The van der Waals surface area contributed by atoms with Gasteiger partial charge < -0.3 is 4.74 Å². The summed E-state index contributed by atoms with van der Waals surface area (Å²) in [6.07, 6.45) is -1.41. The Bertz CT molecular complexity index is 545. The number of para-hydroxylation sites is 1. The van der Waals surface area contributed by atoms with Crippen molar-refractivity contribution in [3.8, 4) is 0 Å². The molecule has 0 spiro atoms. The SMILES string of the molecule is CC(C)OC(=O)NS(=O)(=O)Nc1ccccc1CBr. The van der Waals surface area contributed by atoms with E-state index in [1.807, 2.05) is 0 Å².